The molecule has 1 unspecified atom stereocenters. The fourth-order valence-corrected chi connectivity index (χ4v) is 2.05. The molecule has 1 rings (SSSR count). The highest BCUT2D eigenvalue weighted by Crippen LogP contribution is 2.05. The van der Waals surface area contributed by atoms with Gasteiger partial charge in [-0.05, 0) is 52.6 Å². The maximum Gasteiger partial charge on any atom is 0.0518 e. The smallest absolute Gasteiger partial charge is 0.0518 e. The molecule has 1 atom stereocenters. The summed E-state index contributed by atoms with van der Waals surface area (Å²) in [5, 5.41) is 7.07. The fourth-order valence-electron chi connectivity index (χ4n) is 2.05. The van der Waals surface area contributed by atoms with E-state index < -0.39 is 0 Å². The van der Waals surface area contributed by atoms with Gasteiger partial charge in [0, 0.05) is 19.2 Å². The van der Waals surface area contributed by atoms with E-state index in [4.69, 9.17) is 4.74 Å². The second kappa shape index (κ2) is 8.97. The van der Waals surface area contributed by atoms with Crippen LogP contribution in [0.1, 0.15) is 46.0 Å². The summed E-state index contributed by atoms with van der Waals surface area (Å²) in [5.41, 5.74) is 0. The summed E-state index contributed by atoms with van der Waals surface area (Å²) in [6.07, 6.45) is 6.84. The van der Waals surface area contributed by atoms with Crippen molar-refractivity contribution in [1.82, 2.24) is 10.6 Å². The molecule has 1 saturated heterocycles. The van der Waals surface area contributed by atoms with Gasteiger partial charge in [0.05, 0.1) is 6.10 Å². The molecule has 0 aromatic heterocycles. The molecule has 0 bridgehead atoms. The van der Waals surface area contributed by atoms with Crippen LogP contribution in [0.4, 0.5) is 0 Å². The molecule has 0 aromatic carbocycles. The molecule has 1 aliphatic heterocycles. The summed E-state index contributed by atoms with van der Waals surface area (Å²) in [6.45, 7) is 8.54. The number of piperidine rings is 1. The molecule has 0 amide bonds. The lowest BCUT2D eigenvalue weighted by Gasteiger charge is -2.23. The average Bonchev–Trinajstić information content (AvgIpc) is 2.29. The van der Waals surface area contributed by atoms with Crippen molar-refractivity contribution in [2.45, 2.75) is 58.1 Å². The molecule has 16 heavy (non-hydrogen) atoms. The Morgan fingerprint density at radius 1 is 1.31 bits per heavy atom. The highest BCUT2D eigenvalue weighted by Gasteiger charge is 2.10. The van der Waals surface area contributed by atoms with Crippen LogP contribution in [0.25, 0.3) is 0 Å². The maximum atomic E-state index is 5.50. The van der Waals surface area contributed by atoms with Crippen LogP contribution >= 0.6 is 0 Å². The average molecular weight is 228 g/mol. The Balaban J connectivity index is 1.80. The SMILES string of the molecule is CC(C)OCCCCNCC1CCCCN1. The van der Waals surface area contributed by atoms with Crippen molar-refractivity contribution < 1.29 is 4.74 Å². The molecule has 0 saturated carbocycles. The number of hydrogen-bond acceptors (Lipinski definition) is 3. The molecule has 0 spiro atoms. The van der Waals surface area contributed by atoms with Gasteiger partial charge in [0.25, 0.3) is 0 Å². The predicted octanol–water partition coefficient (Wildman–Crippen LogP) is 1.92. The Labute approximate surface area is 100 Å². The van der Waals surface area contributed by atoms with Crippen molar-refractivity contribution in [2.75, 3.05) is 26.2 Å². The monoisotopic (exact) mass is 228 g/mol. The molecule has 0 aromatic rings. The van der Waals surface area contributed by atoms with Crippen molar-refractivity contribution in [2.24, 2.45) is 0 Å². The lowest BCUT2D eigenvalue weighted by Crippen LogP contribution is -2.41. The minimum atomic E-state index is 0.374. The predicted molar refractivity (Wildman–Crippen MR) is 68.8 cm³/mol. The second-order valence-corrected chi connectivity index (χ2v) is 4.98. The summed E-state index contributed by atoms with van der Waals surface area (Å²) in [5.74, 6) is 0. The van der Waals surface area contributed by atoms with E-state index in [0.717, 1.165) is 19.7 Å². The molecule has 1 heterocycles. The van der Waals surface area contributed by atoms with Gasteiger partial charge in [-0.3, -0.25) is 0 Å². The molecular formula is C13H28N2O. The van der Waals surface area contributed by atoms with Crippen LogP contribution in [0.15, 0.2) is 0 Å². The molecule has 3 heteroatoms. The molecule has 0 aliphatic carbocycles. The van der Waals surface area contributed by atoms with Crippen LogP contribution in [-0.4, -0.2) is 38.4 Å². The van der Waals surface area contributed by atoms with E-state index >= 15 is 0 Å². The first-order valence-corrected chi connectivity index (χ1v) is 6.84. The van der Waals surface area contributed by atoms with E-state index in [1.165, 1.54) is 38.6 Å². The second-order valence-electron chi connectivity index (χ2n) is 4.98. The third kappa shape index (κ3) is 7.20. The third-order valence-electron chi connectivity index (χ3n) is 3.00. The summed E-state index contributed by atoms with van der Waals surface area (Å²) in [6, 6.07) is 0.709. The lowest BCUT2D eigenvalue weighted by molar-refractivity contribution is 0.0760. The van der Waals surface area contributed by atoms with Crippen molar-refractivity contribution in [3.63, 3.8) is 0 Å². The zero-order valence-corrected chi connectivity index (χ0v) is 10.9. The number of unbranched alkanes of at least 4 members (excludes halogenated alkanes) is 1. The van der Waals surface area contributed by atoms with E-state index in [2.05, 4.69) is 24.5 Å². The van der Waals surface area contributed by atoms with Gasteiger partial charge in [-0.25, -0.2) is 0 Å². The highest BCUT2D eigenvalue weighted by molar-refractivity contribution is 4.73. The van der Waals surface area contributed by atoms with Crippen molar-refractivity contribution in [1.29, 1.82) is 0 Å². The van der Waals surface area contributed by atoms with Gasteiger partial charge in [0.15, 0.2) is 0 Å². The summed E-state index contributed by atoms with van der Waals surface area (Å²) >= 11 is 0. The number of nitrogens with one attached hydrogen (secondary N) is 2. The van der Waals surface area contributed by atoms with E-state index in [9.17, 15) is 0 Å². The Morgan fingerprint density at radius 3 is 2.88 bits per heavy atom. The van der Waals surface area contributed by atoms with Gasteiger partial charge in [0.1, 0.15) is 0 Å². The van der Waals surface area contributed by atoms with Gasteiger partial charge < -0.3 is 15.4 Å². The molecule has 0 radical (unpaired) electrons. The molecule has 3 nitrogen and oxygen atoms in total. The van der Waals surface area contributed by atoms with Gasteiger partial charge in [-0.15, -0.1) is 0 Å². The first-order chi connectivity index (χ1) is 7.79. The first-order valence-electron chi connectivity index (χ1n) is 6.84. The molecular weight excluding hydrogens is 200 g/mol. The number of ether oxygens (including phenoxy) is 1. The quantitative estimate of drug-likeness (QED) is 0.623. The zero-order chi connectivity index (χ0) is 11.6. The Hall–Kier alpha value is -0.120. The van der Waals surface area contributed by atoms with Crippen LogP contribution in [0.5, 0.6) is 0 Å². The van der Waals surface area contributed by atoms with Crippen LogP contribution in [0.2, 0.25) is 0 Å². The van der Waals surface area contributed by atoms with E-state index in [1.54, 1.807) is 0 Å². The Morgan fingerprint density at radius 2 is 2.19 bits per heavy atom. The number of hydrogen-bond donors (Lipinski definition) is 2. The van der Waals surface area contributed by atoms with Crippen LogP contribution in [0, 0.1) is 0 Å². The van der Waals surface area contributed by atoms with Crippen LogP contribution < -0.4 is 10.6 Å². The van der Waals surface area contributed by atoms with Gasteiger partial charge >= 0.3 is 0 Å². The normalized spacial score (nSPS) is 21.6. The van der Waals surface area contributed by atoms with Gasteiger partial charge in [-0.2, -0.15) is 0 Å². The number of rotatable bonds is 8. The molecule has 1 fully saturated rings. The zero-order valence-electron chi connectivity index (χ0n) is 10.9. The fraction of sp³-hybridized carbons (Fsp3) is 1.00. The maximum absolute atomic E-state index is 5.50. The first kappa shape index (κ1) is 13.9. The van der Waals surface area contributed by atoms with E-state index in [0.29, 0.717) is 12.1 Å². The Kier molecular flexibility index (Phi) is 7.81. The Bertz CT molecular complexity index is 156. The van der Waals surface area contributed by atoms with Crippen molar-refractivity contribution in [3.8, 4) is 0 Å². The summed E-state index contributed by atoms with van der Waals surface area (Å²) in [7, 11) is 0. The van der Waals surface area contributed by atoms with Crippen LogP contribution in [0.3, 0.4) is 0 Å². The van der Waals surface area contributed by atoms with Crippen molar-refractivity contribution in [3.05, 3.63) is 0 Å². The molecule has 96 valence electrons. The standard InChI is InChI=1S/C13H28N2O/c1-12(2)16-10-6-5-8-14-11-13-7-3-4-9-15-13/h12-15H,3-11H2,1-2H3. The van der Waals surface area contributed by atoms with E-state index in [1.807, 2.05) is 0 Å². The summed E-state index contributed by atoms with van der Waals surface area (Å²) in [4.78, 5) is 0. The largest absolute Gasteiger partial charge is 0.379 e. The van der Waals surface area contributed by atoms with Crippen molar-refractivity contribution >= 4 is 0 Å². The van der Waals surface area contributed by atoms with Gasteiger partial charge in [-0.1, -0.05) is 6.42 Å². The third-order valence-corrected chi connectivity index (χ3v) is 3.00. The minimum absolute atomic E-state index is 0.374. The topological polar surface area (TPSA) is 33.3 Å². The lowest BCUT2D eigenvalue weighted by atomic mass is 10.1. The van der Waals surface area contributed by atoms with Crippen LogP contribution in [-0.2, 0) is 4.74 Å². The minimum Gasteiger partial charge on any atom is -0.379 e. The summed E-state index contributed by atoms with van der Waals surface area (Å²) < 4.78 is 5.50. The van der Waals surface area contributed by atoms with E-state index in [-0.39, 0.29) is 0 Å². The molecule has 1 aliphatic rings. The van der Waals surface area contributed by atoms with Gasteiger partial charge in [0.2, 0.25) is 0 Å². The molecule has 2 N–H and O–H groups in total. The highest BCUT2D eigenvalue weighted by atomic mass is 16.5.